The molecule has 0 saturated heterocycles. The third-order valence-corrected chi connectivity index (χ3v) is 6.50. The molecule has 31 heavy (non-hydrogen) atoms. The zero-order valence-electron chi connectivity index (χ0n) is 15.6. The van der Waals surface area contributed by atoms with E-state index in [1.54, 1.807) is 14.0 Å². The Morgan fingerprint density at radius 3 is 2.58 bits per heavy atom. The lowest BCUT2D eigenvalue weighted by Gasteiger charge is -2.30. The first kappa shape index (κ1) is 19.1. The number of hydrogen-bond acceptors (Lipinski definition) is 8. The number of carboxylic acids is 2. The van der Waals surface area contributed by atoms with Crippen LogP contribution in [0.3, 0.4) is 0 Å². The van der Waals surface area contributed by atoms with Crippen LogP contribution in [0.4, 0.5) is 11.4 Å². The van der Waals surface area contributed by atoms with Gasteiger partial charge in [-0.2, -0.15) is 0 Å². The largest absolute Gasteiger partial charge is 0.477 e. The van der Waals surface area contributed by atoms with Gasteiger partial charge in [0.1, 0.15) is 17.1 Å². The van der Waals surface area contributed by atoms with Gasteiger partial charge < -0.3 is 24.2 Å². The van der Waals surface area contributed by atoms with Crippen molar-refractivity contribution in [2.75, 3.05) is 11.4 Å². The molecule has 0 spiro atoms. The second-order valence-corrected chi connectivity index (χ2v) is 8.03. The molecule has 158 valence electrons. The highest BCUT2D eigenvalue weighted by molar-refractivity contribution is 7.99. The molecule has 0 aliphatic carbocycles. The smallest absolute Gasteiger partial charge is 0.356 e. The third kappa shape index (κ3) is 2.77. The van der Waals surface area contributed by atoms with Crippen LogP contribution in [0.15, 0.2) is 28.2 Å². The summed E-state index contributed by atoms with van der Waals surface area (Å²) < 4.78 is 3.35. The SMILES string of the molecule is O=C(O)c1cn2c(n1)CN(c1cc3c(cc1[N+](=O)[O-])c(=O)c(C(=O)O)c1n3CS1)CC2. The molecule has 0 amide bonds. The Morgan fingerprint density at radius 2 is 1.97 bits per heavy atom. The van der Waals surface area contributed by atoms with Crippen molar-refractivity contribution in [2.45, 2.75) is 24.0 Å². The molecule has 0 unspecified atom stereocenters. The normalized spacial score (nSPS) is 14.6. The molecule has 2 aromatic heterocycles. The van der Waals surface area contributed by atoms with E-state index >= 15 is 0 Å². The van der Waals surface area contributed by atoms with E-state index in [4.69, 9.17) is 5.11 Å². The number of fused-ring (bicyclic) bond motifs is 4. The minimum atomic E-state index is -1.37. The van der Waals surface area contributed by atoms with E-state index in [1.165, 1.54) is 24.0 Å². The van der Waals surface area contributed by atoms with E-state index in [1.807, 2.05) is 0 Å². The molecule has 1 aromatic carbocycles. The number of nitrogens with zero attached hydrogens (tertiary/aromatic N) is 5. The summed E-state index contributed by atoms with van der Waals surface area (Å²) in [6, 6.07) is 2.65. The number of aromatic nitrogens is 3. The first-order valence-electron chi connectivity index (χ1n) is 9.05. The van der Waals surface area contributed by atoms with Crippen molar-refractivity contribution in [3.05, 3.63) is 55.7 Å². The molecular weight excluding hydrogens is 430 g/mol. The molecule has 0 bridgehead atoms. The Morgan fingerprint density at radius 1 is 1.19 bits per heavy atom. The van der Waals surface area contributed by atoms with Gasteiger partial charge in [-0.3, -0.25) is 14.9 Å². The van der Waals surface area contributed by atoms with E-state index < -0.39 is 22.3 Å². The molecular formula is C18H13N5O7S. The Bertz CT molecular complexity index is 1390. The van der Waals surface area contributed by atoms with E-state index in [-0.39, 0.29) is 34.6 Å². The van der Waals surface area contributed by atoms with Gasteiger partial charge in [0.05, 0.1) is 33.3 Å². The Labute approximate surface area is 176 Å². The second-order valence-electron chi connectivity index (χ2n) is 7.09. The van der Waals surface area contributed by atoms with Crippen molar-refractivity contribution >= 4 is 46.0 Å². The van der Waals surface area contributed by atoms with E-state index in [0.29, 0.717) is 35.3 Å². The first-order chi connectivity index (χ1) is 14.8. The minimum Gasteiger partial charge on any atom is -0.477 e. The summed E-state index contributed by atoms with van der Waals surface area (Å²) >= 11 is 1.23. The van der Waals surface area contributed by atoms with Crippen LogP contribution >= 0.6 is 11.8 Å². The number of benzene rings is 1. The lowest BCUT2D eigenvalue weighted by molar-refractivity contribution is -0.384. The molecule has 0 atom stereocenters. The number of imidazole rings is 1. The molecule has 13 heteroatoms. The molecule has 2 aliphatic rings. The number of anilines is 1. The van der Waals surface area contributed by atoms with Crippen molar-refractivity contribution < 1.29 is 24.7 Å². The van der Waals surface area contributed by atoms with E-state index in [0.717, 1.165) is 6.07 Å². The molecule has 0 fully saturated rings. The molecule has 2 N–H and O–H groups in total. The topological polar surface area (TPSA) is 161 Å². The lowest BCUT2D eigenvalue weighted by Crippen LogP contribution is -2.34. The van der Waals surface area contributed by atoms with Gasteiger partial charge in [-0.1, -0.05) is 11.8 Å². The maximum atomic E-state index is 12.8. The number of carboxylic acid groups (broad SMARTS) is 2. The van der Waals surface area contributed by atoms with Crippen LogP contribution in [0.1, 0.15) is 26.7 Å². The number of aromatic carboxylic acids is 2. The summed E-state index contributed by atoms with van der Waals surface area (Å²) in [5, 5.41) is 30.7. The Hall–Kier alpha value is -3.87. The fourth-order valence-electron chi connectivity index (χ4n) is 3.93. The Balaban J connectivity index is 1.68. The summed E-state index contributed by atoms with van der Waals surface area (Å²) in [5.74, 6) is -1.64. The molecule has 4 heterocycles. The summed E-state index contributed by atoms with van der Waals surface area (Å²) in [4.78, 5) is 52.5. The summed E-state index contributed by atoms with van der Waals surface area (Å²) in [6.45, 7) is 0.906. The second kappa shape index (κ2) is 6.57. The van der Waals surface area contributed by atoms with E-state index in [2.05, 4.69) is 4.98 Å². The number of hydrogen-bond donors (Lipinski definition) is 2. The Kier molecular flexibility index (Phi) is 4.05. The van der Waals surface area contributed by atoms with Gasteiger partial charge in [0, 0.05) is 25.4 Å². The van der Waals surface area contributed by atoms with Crippen molar-refractivity contribution in [1.82, 2.24) is 14.1 Å². The van der Waals surface area contributed by atoms with Crippen LogP contribution in [0.5, 0.6) is 0 Å². The predicted octanol–water partition coefficient (Wildman–Crippen LogP) is 1.59. The average Bonchev–Trinajstić information content (AvgIpc) is 3.12. The van der Waals surface area contributed by atoms with Gasteiger partial charge in [0.2, 0.25) is 5.43 Å². The van der Waals surface area contributed by atoms with Crippen molar-refractivity contribution in [3.63, 3.8) is 0 Å². The molecule has 3 aromatic rings. The van der Waals surface area contributed by atoms with Crippen LogP contribution < -0.4 is 10.3 Å². The standard InChI is InChI=1S/C18H13N5O7S/c24-15-8-3-12(23(29)30)11(4-10(8)22-7-31-16(22)14(15)18(27)28)20-1-2-21-5-9(17(25)26)19-13(21)6-20/h3-5H,1-2,6-7H2,(H,25,26)(H,27,28). The molecule has 12 nitrogen and oxygen atoms in total. The summed E-state index contributed by atoms with van der Waals surface area (Å²) in [7, 11) is 0. The summed E-state index contributed by atoms with van der Waals surface area (Å²) in [5.41, 5.74) is -0.882. The van der Waals surface area contributed by atoms with Crippen LogP contribution in [-0.4, -0.2) is 47.7 Å². The monoisotopic (exact) mass is 443 g/mol. The van der Waals surface area contributed by atoms with Crippen LogP contribution in [-0.2, 0) is 19.0 Å². The minimum absolute atomic E-state index is 0.0245. The van der Waals surface area contributed by atoms with Gasteiger partial charge in [0.15, 0.2) is 5.69 Å². The zero-order valence-corrected chi connectivity index (χ0v) is 16.5. The van der Waals surface area contributed by atoms with Crippen molar-refractivity contribution in [2.24, 2.45) is 0 Å². The van der Waals surface area contributed by atoms with Crippen molar-refractivity contribution in [3.8, 4) is 0 Å². The maximum absolute atomic E-state index is 12.8. The number of pyridine rings is 1. The van der Waals surface area contributed by atoms with Crippen LogP contribution in [0, 0.1) is 10.1 Å². The average molecular weight is 443 g/mol. The predicted molar refractivity (Wildman–Crippen MR) is 108 cm³/mol. The maximum Gasteiger partial charge on any atom is 0.356 e. The number of carbonyl (C=O) groups is 2. The number of rotatable bonds is 4. The van der Waals surface area contributed by atoms with Gasteiger partial charge in [0.25, 0.3) is 5.69 Å². The quantitative estimate of drug-likeness (QED) is 0.447. The van der Waals surface area contributed by atoms with Crippen molar-refractivity contribution in [1.29, 1.82) is 0 Å². The molecule has 0 saturated carbocycles. The third-order valence-electron chi connectivity index (χ3n) is 5.42. The van der Waals surface area contributed by atoms with Gasteiger partial charge in [-0.15, -0.1) is 0 Å². The molecule has 2 aliphatic heterocycles. The van der Waals surface area contributed by atoms with Crippen LogP contribution in [0.25, 0.3) is 10.9 Å². The highest BCUT2D eigenvalue weighted by atomic mass is 32.2. The fraction of sp³-hybridized carbons (Fsp3) is 0.222. The number of nitro groups is 1. The lowest BCUT2D eigenvalue weighted by atomic mass is 10.1. The molecule has 0 radical (unpaired) electrons. The number of nitro benzene ring substituents is 1. The highest BCUT2D eigenvalue weighted by Crippen LogP contribution is 2.40. The summed E-state index contributed by atoms with van der Waals surface area (Å²) in [6.07, 6.45) is 1.43. The van der Waals surface area contributed by atoms with Gasteiger partial charge in [-0.05, 0) is 6.07 Å². The van der Waals surface area contributed by atoms with Crippen LogP contribution in [0.2, 0.25) is 0 Å². The van der Waals surface area contributed by atoms with Gasteiger partial charge >= 0.3 is 11.9 Å². The molecule has 5 rings (SSSR count). The van der Waals surface area contributed by atoms with E-state index in [9.17, 15) is 29.6 Å². The fourth-order valence-corrected chi connectivity index (χ4v) is 4.88. The zero-order chi connectivity index (χ0) is 22.0. The van der Waals surface area contributed by atoms with Gasteiger partial charge in [-0.25, -0.2) is 14.6 Å². The first-order valence-corrected chi connectivity index (χ1v) is 10.0. The highest BCUT2D eigenvalue weighted by Gasteiger charge is 2.32. The number of thioether (sulfide) groups is 1.